The first-order chi connectivity index (χ1) is 14.8. The maximum Gasteiger partial charge on any atom is 0.310 e. The first-order valence-corrected chi connectivity index (χ1v) is 10.7. The van der Waals surface area contributed by atoms with E-state index in [9.17, 15) is 10.0 Å². The summed E-state index contributed by atoms with van der Waals surface area (Å²) < 4.78 is 10.6. The van der Waals surface area contributed by atoms with Crippen molar-refractivity contribution >= 4 is 17.7 Å². The normalized spacial score (nSPS) is 11.8. The minimum atomic E-state index is -0.278. The minimum Gasteiger partial charge on any atom is -0.496 e. The second-order valence-corrected chi connectivity index (χ2v) is 7.61. The van der Waals surface area contributed by atoms with E-state index in [-0.39, 0.29) is 24.4 Å². The number of hydroxylamine groups is 1. The maximum atomic E-state index is 11.8. The summed E-state index contributed by atoms with van der Waals surface area (Å²) in [5, 5.41) is 12.0. The van der Waals surface area contributed by atoms with E-state index in [4.69, 9.17) is 15.2 Å². The molecule has 0 saturated carbocycles. The lowest BCUT2D eigenvalue weighted by Gasteiger charge is -2.26. The van der Waals surface area contributed by atoms with E-state index in [0.717, 1.165) is 36.0 Å². The number of hydrogen-bond acceptors (Lipinski definition) is 8. The number of esters is 1. The van der Waals surface area contributed by atoms with Crippen molar-refractivity contribution in [3.63, 3.8) is 0 Å². The SMILES string of the molecule is CCCCC(C)N(O)c1nc(N)nc(C)c1Cc1ccc(CC(=O)OCC)cc1OC. The third-order valence-electron chi connectivity index (χ3n) is 5.19. The van der Waals surface area contributed by atoms with Gasteiger partial charge in [-0.15, -0.1) is 0 Å². The number of rotatable bonds is 11. The zero-order valence-corrected chi connectivity index (χ0v) is 19.1. The average Bonchev–Trinajstić information content (AvgIpc) is 2.74. The van der Waals surface area contributed by atoms with Crippen LogP contribution in [0.2, 0.25) is 0 Å². The predicted octanol–water partition coefficient (Wildman–Crippen LogP) is 3.85. The Kier molecular flexibility index (Phi) is 9.05. The number of aryl methyl sites for hydroxylation is 1. The Morgan fingerprint density at radius 3 is 2.68 bits per heavy atom. The van der Waals surface area contributed by atoms with E-state index in [0.29, 0.717) is 30.3 Å². The number of unbranched alkanes of at least 4 members (excludes halogenated alkanes) is 1. The number of nitrogens with two attached hydrogens (primary N) is 1. The van der Waals surface area contributed by atoms with Crippen molar-refractivity contribution in [1.82, 2.24) is 9.97 Å². The molecule has 8 heteroatoms. The number of anilines is 2. The van der Waals surface area contributed by atoms with Gasteiger partial charge in [0.05, 0.1) is 26.2 Å². The van der Waals surface area contributed by atoms with Gasteiger partial charge in [-0.25, -0.2) is 10.0 Å². The Labute approximate surface area is 184 Å². The third kappa shape index (κ3) is 6.55. The quantitative estimate of drug-likeness (QED) is 0.408. The van der Waals surface area contributed by atoms with Gasteiger partial charge in [0.25, 0.3) is 0 Å². The molecule has 1 aromatic heterocycles. The second kappa shape index (κ2) is 11.5. The Morgan fingerprint density at radius 1 is 1.29 bits per heavy atom. The molecule has 0 fully saturated rings. The first kappa shape index (κ1) is 24.4. The van der Waals surface area contributed by atoms with E-state index in [1.807, 2.05) is 32.0 Å². The van der Waals surface area contributed by atoms with Crippen molar-refractivity contribution in [3.05, 3.63) is 40.6 Å². The molecule has 31 heavy (non-hydrogen) atoms. The lowest BCUT2D eigenvalue weighted by molar-refractivity contribution is -0.142. The number of nitrogen functional groups attached to an aromatic ring is 1. The molecule has 170 valence electrons. The number of carbonyl (C=O) groups excluding carboxylic acids is 1. The molecule has 1 heterocycles. The largest absolute Gasteiger partial charge is 0.496 e. The lowest BCUT2D eigenvalue weighted by atomic mass is 10.00. The van der Waals surface area contributed by atoms with Gasteiger partial charge in [-0.05, 0) is 44.4 Å². The van der Waals surface area contributed by atoms with Crippen LogP contribution in [0.15, 0.2) is 18.2 Å². The van der Waals surface area contributed by atoms with Crippen molar-refractivity contribution in [1.29, 1.82) is 0 Å². The molecule has 1 atom stereocenters. The van der Waals surface area contributed by atoms with Gasteiger partial charge >= 0.3 is 5.97 Å². The average molecular weight is 431 g/mol. The van der Waals surface area contributed by atoms with Crippen LogP contribution >= 0.6 is 0 Å². The fourth-order valence-electron chi connectivity index (χ4n) is 3.44. The van der Waals surface area contributed by atoms with Crippen molar-refractivity contribution in [2.75, 3.05) is 24.5 Å². The molecular weight excluding hydrogens is 396 g/mol. The highest BCUT2D eigenvalue weighted by Gasteiger charge is 2.21. The van der Waals surface area contributed by atoms with Crippen LogP contribution in [-0.4, -0.2) is 40.9 Å². The number of aromatic nitrogens is 2. The van der Waals surface area contributed by atoms with E-state index < -0.39 is 0 Å². The molecular formula is C23H34N4O4. The molecule has 0 radical (unpaired) electrons. The zero-order chi connectivity index (χ0) is 23.0. The van der Waals surface area contributed by atoms with Crippen molar-refractivity contribution in [2.45, 2.75) is 65.8 Å². The van der Waals surface area contributed by atoms with Crippen LogP contribution in [0, 0.1) is 6.92 Å². The third-order valence-corrected chi connectivity index (χ3v) is 5.19. The number of benzene rings is 1. The Balaban J connectivity index is 2.36. The summed E-state index contributed by atoms with van der Waals surface area (Å²) in [7, 11) is 1.59. The van der Waals surface area contributed by atoms with Crippen LogP contribution < -0.4 is 15.5 Å². The highest BCUT2D eigenvalue weighted by atomic mass is 16.5. The summed E-state index contributed by atoms with van der Waals surface area (Å²) in [4.78, 5) is 20.4. The Morgan fingerprint density at radius 2 is 2.03 bits per heavy atom. The number of carbonyl (C=O) groups is 1. The number of methoxy groups -OCH3 is 1. The Bertz CT molecular complexity index is 888. The molecule has 0 aliphatic carbocycles. The van der Waals surface area contributed by atoms with Crippen molar-refractivity contribution in [2.24, 2.45) is 0 Å². The van der Waals surface area contributed by atoms with E-state index in [2.05, 4.69) is 16.9 Å². The highest BCUT2D eigenvalue weighted by molar-refractivity contribution is 5.72. The molecule has 1 unspecified atom stereocenters. The van der Waals surface area contributed by atoms with Crippen molar-refractivity contribution in [3.8, 4) is 5.75 Å². The van der Waals surface area contributed by atoms with Gasteiger partial charge in [0.15, 0.2) is 5.82 Å². The van der Waals surface area contributed by atoms with Crippen LogP contribution in [0.3, 0.4) is 0 Å². The van der Waals surface area contributed by atoms with Crippen LogP contribution in [0.25, 0.3) is 0 Å². The predicted molar refractivity (Wildman–Crippen MR) is 121 cm³/mol. The molecule has 0 spiro atoms. The number of ether oxygens (including phenoxy) is 2. The maximum absolute atomic E-state index is 11.8. The standard InChI is InChI=1S/C23H34N4O4/c1-6-8-9-15(3)27(29)22-19(16(4)25-23(24)26-22)14-18-11-10-17(12-20(18)30-5)13-21(28)31-7-2/h10-12,15,29H,6-9,13-14H2,1-5H3,(H2,24,25,26). The zero-order valence-electron chi connectivity index (χ0n) is 19.1. The van der Waals surface area contributed by atoms with E-state index >= 15 is 0 Å². The monoisotopic (exact) mass is 430 g/mol. The van der Waals surface area contributed by atoms with Crippen LogP contribution in [0.1, 0.15) is 62.4 Å². The van der Waals surface area contributed by atoms with Gasteiger partial charge in [-0.2, -0.15) is 4.98 Å². The van der Waals surface area contributed by atoms with Gasteiger partial charge < -0.3 is 15.2 Å². The molecule has 0 bridgehead atoms. The van der Waals surface area contributed by atoms with Crippen LogP contribution in [0.5, 0.6) is 5.75 Å². The van der Waals surface area contributed by atoms with Crippen LogP contribution in [0.4, 0.5) is 11.8 Å². The molecule has 0 aliphatic heterocycles. The summed E-state index contributed by atoms with van der Waals surface area (Å²) in [5.41, 5.74) is 9.05. The van der Waals surface area contributed by atoms with Gasteiger partial charge in [-0.3, -0.25) is 10.0 Å². The van der Waals surface area contributed by atoms with E-state index in [1.165, 1.54) is 5.06 Å². The van der Waals surface area contributed by atoms with Gasteiger partial charge in [0, 0.05) is 17.7 Å². The number of nitrogens with zero attached hydrogens (tertiary/aromatic N) is 3. The first-order valence-electron chi connectivity index (χ1n) is 10.7. The summed E-state index contributed by atoms with van der Waals surface area (Å²) in [6, 6.07) is 5.51. The van der Waals surface area contributed by atoms with Gasteiger partial charge in [0.1, 0.15) is 5.75 Å². The van der Waals surface area contributed by atoms with Crippen molar-refractivity contribution < 1.29 is 19.5 Å². The summed E-state index contributed by atoms with van der Waals surface area (Å²) in [5.74, 6) is 0.896. The van der Waals surface area contributed by atoms with E-state index in [1.54, 1.807) is 14.0 Å². The second-order valence-electron chi connectivity index (χ2n) is 7.61. The topological polar surface area (TPSA) is 111 Å². The smallest absolute Gasteiger partial charge is 0.310 e. The molecule has 2 rings (SSSR count). The summed E-state index contributed by atoms with van der Waals surface area (Å²) >= 11 is 0. The fourth-order valence-corrected chi connectivity index (χ4v) is 3.44. The summed E-state index contributed by atoms with van der Waals surface area (Å²) in [6.45, 7) is 8.05. The minimum absolute atomic E-state index is 0.110. The van der Waals surface area contributed by atoms with Crippen LogP contribution in [-0.2, 0) is 22.4 Å². The molecule has 0 aliphatic rings. The molecule has 0 amide bonds. The molecule has 8 nitrogen and oxygen atoms in total. The highest BCUT2D eigenvalue weighted by Crippen LogP contribution is 2.30. The number of hydrogen-bond donors (Lipinski definition) is 2. The molecule has 0 saturated heterocycles. The molecule has 1 aromatic carbocycles. The van der Waals surface area contributed by atoms with Gasteiger partial charge in [0.2, 0.25) is 5.95 Å². The molecule has 3 N–H and O–H groups in total. The fraction of sp³-hybridized carbons (Fsp3) is 0.522. The molecule has 2 aromatic rings. The summed E-state index contributed by atoms with van der Waals surface area (Å²) in [6.07, 6.45) is 3.51. The lowest BCUT2D eigenvalue weighted by Crippen LogP contribution is -2.32. The Hall–Kier alpha value is -2.87. The van der Waals surface area contributed by atoms with Gasteiger partial charge in [-0.1, -0.05) is 31.9 Å².